The largest absolute Gasteiger partial charge is 0.370 e. The van der Waals surface area contributed by atoms with Gasteiger partial charge in [0, 0.05) is 24.2 Å². The molecule has 16 heteroatoms. The Balaban J connectivity index is 1.53. The van der Waals surface area contributed by atoms with Crippen molar-refractivity contribution in [2.24, 2.45) is 16.5 Å². The summed E-state index contributed by atoms with van der Waals surface area (Å²) in [5.74, 6) is -4.78. The van der Waals surface area contributed by atoms with Crippen molar-refractivity contribution < 1.29 is 28.0 Å². The molecule has 4 rings (SSSR count). The van der Waals surface area contributed by atoms with Crippen LogP contribution in [0.25, 0.3) is 0 Å². The summed E-state index contributed by atoms with van der Waals surface area (Å²) < 4.78 is 30.5. The lowest BCUT2D eigenvalue weighted by Crippen LogP contribution is -2.50. The summed E-state index contributed by atoms with van der Waals surface area (Å²) in [5, 5.41) is 4.98. The molecule has 2 atom stereocenters. The molecule has 2 aromatic carbocycles. The van der Waals surface area contributed by atoms with Gasteiger partial charge in [0.2, 0.25) is 11.7 Å². The molecule has 1 aromatic heterocycles. The number of aromatic nitrogens is 3. The molecule has 0 aliphatic carbocycles. The van der Waals surface area contributed by atoms with E-state index < -0.39 is 59.2 Å². The van der Waals surface area contributed by atoms with E-state index in [1.807, 2.05) is 0 Å². The quantitative estimate of drug-likeness (QED) is 0.0495. The number of nitrogens with zero attached hydrogens (tertiary/aromatic N) is 4. The first kappa shape index (κ1) is 33.2. The molecule has 3 aromatic rings. The number of guanidine groups is 1. The van der Waals surface area contributed by atoms with Crippen LogP contribution in [0.4, 0.5) is 8.78 Å². The summed E-state index contributed by atoms with van der Waals surface area (Å²) in [5.41, 5.74) is 9.72. The second-order valence-corrected chi connectivity index (χ2v) is 10.5. The lowest BCUT2D eigenvalue weighted by molar-refractivity contribution is -0.140. The number of allylic oxidation sites excluding steroid dienone is 1. The van der Waals surface area contributed by atoms with Crippen LogP contribution in [-0.2, 0) is 34.0 Å². The summed E-state index contributed by atoms with van der Waals surface area (Å²) in [6.45, 7) is 0.788. The zero-order valence-corrected chi connectivity index (χ0v) is 24.7. The molecule has 0 saturated carbocycles. The minimum atomic E-state index is -1.41. The number of Topliss-reactive ketones (excluding diaryl/α,β-unsaturated/α-hetero) is 2. The van der Waals surface area contributed by atoms with Gasteiger partial charge in [0.1, 0.15) is 11.6 Å². The van der Waals surface area contributed by atoms with Gasteiger partial charge in [-0.3, -0.25) is 24.2 Å². The summed E-state index contributed by atoms with van der Waals surface area (Å²) in [6, 6.07) is 6.25. The molecular weight excluding hydrogens is 606 g/mol. The number of fused-ring (bicyclic) bond motifs is 1. The first-order valence-corrected chi connectivity index (χ1v) is 14.2. The van der Waals surface area contributed by atoms with Gasteiger partial charge in [0.05, 0.1) is 19.1 Å². The monoisotopic (exact) mass is 638 g/mol. The number of carbonyl (C=O) groups is 4. The molecule has 0 radical (unpaired) electrons. The van der Waals surface area contributed by atoms with E-state index in [0.29, 0.717) is 15.7 Å². The highest BCUT2D eigenvalue weighted by Crippen LogP contribution is 2.14. The Bertz CT molecular complexity index is 1840. The molecule has 14 nitrogen and oxygen atoms in total. The highest BCUT2D eigenvalue weighted by molar-refractivity contribution is 6.38. The zero-order valence-electron chi connectivity index (χ0n) is 24.7. The van der Waals surface area contributed by atoms with Crippen LogP contribution in [0, 0.1) is 11.6 Å². The smallest absolute Gasteiger partial charge is 0.348 e. The van der Waals surface area contributed by atoms with E-state index in [2.05, 4.69) is 15.6 Å². The molecule has 1 aliphatic rings. The second-order valence-electron chi connectivity index (χ2n) is 10.5. The molecule has 0 saturated heterocycles. The zero-order chi connectivity index (χ0) is 33.5. The first-order chi connectivity index (χ1) is 21.9. The van der Waals surface area contributed by atoms with E-state index in [4.69, 9.17) is 11.5 Å². The Morgan fingerprint density at radius 2 is 1.76 bits per heavy atom. The van der Waals surface area contributed by atoms with E-state index in [-0.39, 0.29) is 49.8 Å². The molecule has 1 aliphatic heterocycles. The minimum Gasteiger partial charge on any atom is -0.370 e. The summed E-state index contributed by atoms with van der Waals surface area (Å²) in [4.78, 5) is 81.3. The van der Waals surface area contributed by atoms with Gasteiger partial charge in [-0.2, -0.15) is 0 Å². The third-order valence-corrected chi connectivity index (χ3v) is 7.22. The molecule has 0 fully saturated rings. The third kappa shape index (κ3) is 7.69. The lowest BCUT2D eigenvalue weighted by atomic mass is 10.0. The van der Waals surface area contributed by atoms with Crippen molar-refractivity contribution in [2.45, 2.75) is 51.5 Å². The van der Waals surface area contributed by atoms with Crippen LogP contribution in [0.2, 0.25) is 0 Å². The standard InChI is InChI=1S/C30H32F2N8O6/c1-17(41)19-8-6-18(7-9-19)15-36-27(44)25(42)23(4-2-12-35-28(33)34)37-26(43)24-5-3-13-39-29(45)38(30(46)40(24)39)16-20-14-21(31)10-11-22(20)32/h3,5-11,14,23-24H,2,4,12-13,15-16H2,1H3,(H,36,44)(H,37,43)(H4,33,34,35). The van der Waals surface area contributed by atoms with E-state index in [1.165, 1.54) is 19.1 Å². The molecular formula is C30H32F2N8O6. The number of nitrogens with two attached hydrogens (primary N) is 2. The Morgan fingerprint density at radius 1 is 1.04 bits per heavy atom. The third-order valence-electron chi connectivity index (χ3n) is 7.22. The van der Waals surface area contributed by atoms with E-state index >= 15 is 0 Å². The molecule has 6 N–H and O–H groups in total. The van der Waals surface area contributed by atoms with Crippen LogP contribution >= 0.6 is 0 Å². The maximum atomic E-state index is 14.3. The van der Waals surface area contributed by atoms with Gasteiger partial charge in [-0.15, -0.1) is 0 Å². The lowest BCUT2D eigenvalue weighted by Gasteiger charge is -2.23. The molecule has 2 unspecified atom stereocenters. The molecule has 2 heterocycles. The fraction of sp³-hybridized carbons (Fsp3) is 0.300. The number of ketones is 2. The van der Waals surface area contributed by atoms with Crippen LogP contribution in [0.15, 0.2) is 69.2 Å². The van der Waals surface area contributed by atoms with E-state index in [0.717, 1.165) is 27.6 Å². The fourth-order valence-electron chi connectivity index (χ4n) is 4.83. The number of carbonyl (C=O) groups excluding carboxylic acids is 4. The van der Waals surface area contributed by atoms with Crippen molar-refractivity contribution in [2.75, 3.05) is 6.54 Å². The van der Waals surface area contributed by atoms with Crippen LogP contribution in [0.3, 0.4) is 0 Å². The van der Waals surface area contributed by atoms with Crippen molar-refractivity contribution in [3.63, 3.8) is 0 Å². The van der Waals surface area contributed by atoms with E-state index in [1.54, 1.807) is 24.3 Å². The predicted octanol–water partition coefficient (Wildman–Crippen LogP) is -0.125. The molecule has 46 heavy (non-hydrogen) atoms. The summed E-state index contributed by atoms with van der Waals surface area (Å²) in [6.07, 6.45) is 2.93. The normalized spacial score (nSPS) is 14.2. The number of benzene rings is 2. The van der Waals surface area contributed by atoms with Crippen LogP contribution in [0.1, 0.15) is 47.3 Å². The minimum absolute atomic E-state index is 0.0378. The first-order valence-electron chi connectivity index (χ1n) is 14.2. The van der Waals surface area contributed by atoms with Gasteiger partial charge in [0.15, 0.2) is 17.8 Å². The number of nitrogens with one attached hydrogen (secondary N) is 2. The molecule has 0 spiro atoms. The predicted molar refractivity (Wildman–Crippen MR) is 162 cm³/mol. The maximum absolute atomic E-state index is 14.3. The van der Waals surface area contributed by atoms with Crippen LogP contribution in [0.5, 0.6) is 0 Å². The van der Waals surface area contributed by atoms with E-state index in [9.17, 15) is 37.5 Å². The summed E-state index contributed by atoms with van der Waals surface area (Å²) >= 11 is 0. The Hall–Kier alpha value is -5.67. The molecule has 2 amide bonds. The molecule has 0 bridgehead atoms. The van der Waals surface area contributed by atoms with Gasteiger partial charge in [-0.1, -0.05) is 36.4 Å². The Kier molecular flexibility index (Phi) is 10.4. The number of amides is 2. The van der Waals surface area contributed by atoms with Gasteiger partial charge in [-0.25, -0.2) is 32.3 Å². The Morgan fingerprint density at radius 3 is 2.43 bits per heavy atom. The fourth-order valence-corrected chi connectivity index (χ4v) is 4.83. The number of aliphatic imine (C=N–C) groups is 1. The SMILES string of the molecule is CC(=O)c1ccc(CNC(=O)C(=O)C(CCCN=C(N)N)NC(=O)C2C=CCn3c(=O)n(Cc4cc(F)ccc4F)c(=O)n32)cc1. The Labute approximate surface area is 260 Å². The van der Waals surface area contributed by atoms with Gasteiger partial charge >= 0.3 is 11.4 Å². The topological polar surface area (TPSA) is 206 Å². The van der Waals surface area contributed by atoms with Crippen molar-refractivity contribution in [1.29, 1.82) is 0 Å². The molecule has 242 valence electrons. The number of halogens is 2. The number of rotatable bonds is 13. The number of hydrogen-bond donors (Lipinski definition) is 4. The number of hydrogen-bond acceptors (Lipinski definition) is 7. The second kappa shape index (κ2) is 14.4. The average Bonchev–Trinajstić information content (AvgIpc) is 3.27. The van der Waals surface area contributed by atoms with Crippen LogP contribution in [-0.4, -0.2) is 55.9 Å². The summed E-state index contributed by atoms with van der Waals surface area (Å²) in [7, 11) is 0. The van der Waals surface area contributed by atoms with Crippen molar-refractivity contribution >= 4 is 29.3 Å². The van der Waals surface area contributed by atoms with Crippen molar-refractivity contribution in [1.82, 2.24) is 24.6 Å². The van der Waals surface area contributed by atoms with Gasteiger partial charge < -0.3 is 22.1 Å². The van der Waals surface area contributed by atoms with Crippen LogP contribution < -0.4 is 33.5 Å². The highest BCUT2D eigenvalue weighted by Gasteiger charge is 2.33. The van der Waals surface area contributed by atoms with Crippen molar-refractivity contribution in [3.05, 3.63) is 104 Å². The van der Waals surface area contributed by atoms with Gasteiger partial charge in [0.25, 0.3) is 5.91 Å². The maximum Gasteiger partial charge on any atom is 0.348 e. The van der Waals surface area contributed by atoms with Gasteiger partial charge in [-0.05, 0) is 43.5 Å². The van der Waals surface area contributed by atoms with Crippen molar-refractivity contribution in [3.8, 4) is 0 Å². The average molecular weight is 639 g/mol. The highest BCUT2D eigenvalue weighted by atomic mass is 19.1.